The summed E-state index contributed by atoms with van der Waals surface area (Å²) in [4.78, 5) is 27.3. The molecule has 1 saturated heterocycles. The smallest absolute Gasteiger partial charge is 0.345 e. The number of nitrogens with zero attached hydrogens (tertiary/aromatic N) is 1. The Balaban J connectivity index is 1.61. The normalized spacial score (nSPS) is 16.6. The number of benzene rings is 1. The lowest BCUT2D eigenvalue weighted by Crippen LogP contribution is -2.34. The number of carbonyl (C=O) groups is 2. The second-order valence-electron chi connectivity index (χ2n) is 7.17. The summed E-state index contributed by atoms with van der Waals surface area (Å²) >= 11 is 1.21. The summed E-state index contributed by atoms with van der Waals surface area (Å²) in [6, 6.07) is 12.2. The van der Waals surface area contributed by atoms with Gasteiger partial charge < -0.3 is 14.7 Å². The van der Waals surface area contributed by atoms with E-state index in [2.05, 4.69) is 17.3 Å². The van der Waals surface area contributed by atoms with Crippen LogP contribution in [0.2, 0.25) is 0 Å². The van der Waals surface area contributed by atoms with Crippen molar-refractivity contribution in [3.8, 4) is 0 Å². The molecule has 0 radical (unpaired) electrons. The first-order chi connectivity index (χ1) is 13.5. The van der Waals surface area contributed by atoms with Crippen LogP contribution in [0.3, 0.4) is 0 Å². The Bertz CT molecular complexity index is 785. The Morgan fingerprint density at radius 2 is 1.93 bits per heavy atom. The summed E-state index contributed by atoms with van der Waals surface area (Å²) in [7, 11) is 2.11. The molecular formula is C21H26N2O4S. The number of carbonyl (C=O) groups excluding carboxylic acids is 1. The quantitative estimate of drug-likeness (QED) is 0.661. The highest BCUT2D eigenvalue weighted by atomic mass is 32.1. The van der Waals surface area contributed by atoms with Gasteiger partial charge >= 0.3 is 11.9 Å². The Kier molecular flexibility index (Phi) is 7.19. The molecule has 0 spiro atoms. The summed E-state index contributed by atoms with van der Waals surface area (Å²) in [5.74, 6) is -0.819. The molecule has 0 bridgehead atoms. The van der Waals surface area contributed by atoms with Gasteiger partial charge in [0, 0.05) is 11.4 Å². The summed E-state index contributed by atoms with van der Waals surface area (Å²) < 4.78 is 5.65. The van der Waals surface area contributed by atoms with E-state index in [1.54, 1.807) is 12.1 Å². The number of piperidine rings is 1. The lowest BCUT2D eigenvalue weighted by atomic mass is 9.98. The number of carboxylic acids is 1. The maximum absolute atomic E-state index is 12.8. The number of rotatable bonds is 8. The van der Waals surface area contributed by atoms with Crippen molar-refractivity contribution >= 4 is 23.3 Å². The molecule has 1 aromatic carbocycles. The molecule has 150 valence electrons. The molecule has 1 aliphatic heterocycles. The minimum absolute atomic E-state index is 0.290. The standard InChI is InChI=1S/C21H26N2O4S/c1-23-11-9-15(10-12-23)14-27-21(26)19(16-5-3-2-4-6-16)22-13-17-7-8-18(28-17)20(24)25/h2-8,15,19,22H,9-14H2,1H3,(H,24,25). The first kappa shape index (κ1) is 20.5. The first-order valence-electron chi connectivity index (χ1n) is 9.48. The predicted molar refractivity (Wildman–Crippen MR) is 108 cm³/mol. The van der Waals surface area contributed by atoms with Gasteiger partial charge in [0.15, 0.2) is 0 Å². The fourth-order valence-corrected chi connectivity index (χ4v) is 4.08. The van der Waals surface area contributed by atoms with Gasteiger partial charge in [-0.05, 0) is 56.6 Å². The number of nitrogens with one attached hydrogen (secondary N) is 1. The Morgan fingerprint density at radius 3 is 2.57 bits per heavy atom. The number of hydrogen-bond donors (Lipinski definition) is 2. The van der Waals surface area contributed by atoms with Gasteiger partial charge in [0.2, 0.25) is 0 Å². The van der Waals surface area contributed by atoms with Gasteiger partial charge in [-0.15, -0.1) is 11.3 Å². The van der Waals surface area contributed by atoms with Crippen LogP contribution in [0.15, 0.2) is 42.5 Å². The third-order valence-corrected chi connectivity index (χ3v) is 6.09. The van der Waals surface area contributed by atoms with Crippen LogP contribution in [-0.4, -0.2) is 48.7 Å². The van der Waals surface area contributed by atoms with E-state index in [9.17, 15) is 9.59 Å². The van der Waals surface area contributed by atoms with Gasteiger partial charge in [-0.2, -0.15) is 0 Å². The van der Waals surface area contributed by atoms with Crippen LogP contribution in [0.25, 0.3) is 0 Å². The first-order valence-corrected chi connectivity index (χ1v) is 10.3. The predicted octanol–water partition coefficient (Wildman–Crippen LogP) is 3.16. The molecule has 7 heteroatoms. The highest BCUT2D eigenvalue weighted by molar-refractivity contribution is 7.13. The van der Waals surface area contributed by atoms with Crippen LogP contribution in [0, 0.1) is 5.92 Å². The van der Waals surface area contributed by atoms with Crippen molar-refractivity contribution in [2.75, 3.05) is 26.7 Å². The zero-order valence-electron chi connectivity index (χ0n) is 16.0. The van der Waals surface area contributed by atoms with Crippen molar-refractivity contribution in [3.63, 3.8) is 0 Å². The van der Waals surface area contributed by atoms with E-state index in [0.717, 1.165) is 36.4 Å². The van der Waals surface area contributed by atoms with E-state index in [0.29, 0.717) is 19.1 Å². The van der Waals surface area contributed by atoms with E-state index in [4.69, 9.17) is 9.84 Å². The molecule has 6 nitrogen and oxygen atoms in total. The van der Waals surface area contributed by atoms with Crippen LogP contribution in [0.5, 0.6) is 0 Å². The molecule has 1 aliphatic rings. The maximum Gasteiger partial charge on any atom is 0.345 e. The number of hydrogen-bond acceptors (Lipinski definition) is 6. The highest BCUT2D eigenvalue weighted by Gasteiger charge is 2.24. The molecule has 0 aliphatic carbocycles. The van der Waals surface area contributed by atoms with E-state index in [1.165, 1.54) is 11.3 Å². The average molecular weight is 403 g/mol. The number of aromatic carboxylic acids is 1. The molecule has 1 fully saturated rings. The number of thiophene rings is 1. The third kappa shape index (κ3) is 5.64. The van der Waals surface area contributed by atoms with Gasteiger partial charge in [-0.25, -0.2) is 9.59 Å². The van der Waals surface area contributed by atoms with Gasteiger partial charge in [0.1, 0.15) is 10.9 Å². The molecule has 2 aromatic rings. The molecule has 0 amide bonds. The lowest BCUT2D eigenvalue weighted by Gasteiger charge is -2.29. The van der Waals surface area contributed by atoms with E-state index >= 15 is 0 Å². The molecule has 1 atom stereocenters. The number of ether oxygens (including phenoxy) is 1. The summed E-state index contributed by atoms with van der Waals surface area (Å²) in [5.41, 5.74) is 0.839. The van der Waals surface area contributed by atoms with Crippen molar-refractivity contribution in [2.24, 2.45) is 5.92 Å². The van der Waals surface area contributed by atoms with Crippen molar-refractivity contribution in [3.05, 3.63) is 57.8 Å². The molecule has 28 heavy (non-hydrogen) atoms. The molecule has 1 unspecified atom stereocenters. The lowest BCUT2D eigenvalue weighted by molar-refractivity contribution is -0.148. The fraction of sp³-hybridized carbons (Fsp3) is 0.429. The van der Waals surface area contributed by atoms with Gasteiger partial charge in [-0.1, -0.05) is 30.3 Å². The highest BCUT2D eigenvalue weighted by Crippen LogP contribution is 2.21. The molecule has 2 N–H and O–H groups in total. The molecule has 1 aromatic heterocycles. The van der Waals surface area contributed by atoms with E-state index < -0.39 is 12.0 Å². The Morgan fingerprint density at radius 1 is 1.21 bits per heavy atom. The van der Waals surface area contributed by atoms with Gasteiger partial charge in [0.05, 0.1) is 6.61 Å². The molecule has 0 saturated carbocycles. The van der Waals surface area contributed by atoms with Crippen molar-refractivity contribution in [1.82, 2.24) is 10.2 Å². The number of carboxylic acid groups (broad SMARTS) is 1. The SMILES string of the molecule is CN1CCC(COC(=O)C(NCc2ccc(C(=O)O)s2)c2ccccc2)CC1. The molecule has 2 heterocycles. The largest absolute Gasteiger partial charge is 0.477 e. The zero-order valence-corrected chi connectivity index (χ0v) is 16.8. The van der Waals surface area contributed by atoms with E-state index in [-0.39, 0.29) is 10.8 Å². The van der Waals surface area contributed by atoms with Crippen LogP contribution in [0.4, 0.5) is 0 Å². The van der Waals surface area contributed by atoms with Crippen molar-refractivity contribution in [1.29, 1.82) is 0 Å². The van der Waals surface area contributed by atoms with Crippen molar-refractivity contribution in [2.45, 2.75) is 25.4 Å². The topological polar surface area (TPSA) is 78.9 Å². The monoisotopic (exact) mass is 402 g/mol. The summed E-state index contributed by atoms with van der Waals surface area (Å²) in [5, 5.41) is 12.3. The third-order valence-electron chi connectivity index (χ3n) is 5.02. The Labute approximate surface area is 169 Å². The van der Waals surface area contributed by atoms with Crippen LogP contribution in [-0.2, 0) is 16.1 Å². The minimum atomic E-state index is -0.937. The maximum atomic E-state index is 12.8. The zero-order chi connectivity index (χ0) is 19.9. The van der Waals surface area contributed by atoms with Gasteiger partial charge in [0.25, 0.3) is 0 Å². The number of esters is 1. The molecule has 3 rings (SSSR count). The average Bonchev–Trinajstić information content (AvgIpc) is 3.18. The second kappa shape index (κ2) is 9.82. The van der Waals surface area contributed by atoms with Crippen LogP contribution in [0.1, 0.15) is 39.0 Å². The van der Waals surface area contributed by atoms with Crippen LogP contribution >= 0.6 is 11.3 Å². The van der Waals surface area contributed by atoms with Crippen LogP contribution < -0.4 is 5.32 Å². The minimum Gasteiger partial charge on any atom is -0.477 e. The summed E-state index contributed by atoms with van der Waals surface area (Å²) in [6.07, 6.45) is 2.08. The second-order valence-corrected chi connectivity index (χ2v) is 8.34. The van der Waals surface area contributed by atoms with Crippen molar-refractivity contribution < 1.29 is 19.4 Å². The molecular weight excluding hydrogens is 376 g/mol. The fourth-order valence-electron chi connectivity index (χ4n) is 3.29. The van der Waals surface area contributed by atoms with Gasteiger partial charge in [-0.3, -0.25) is 5.32 Å². The number of likely N-dealkylation sites (tertiary alicyclic amines) is 1. The Hall–Kier alpha value is -2.22. The van der Waals surface area contributed by atoms with E-state index in [1.807, 2.05) is 30.3 Å². The summed E-state index contributed by atoms with van der Waals surface area (Å²) in [6.45, 7) is 2.92.